The first kappa shape index (κ1) is 25.1. The van der Waals surface area contributed by atoms with Gasteiger partial charge in [-0.15, -0.1) is 11.3 Å². The van der Waals surface area contributed by atoms with E-state index in [2.05, 4.69) is 146 Å². The van der Waals surface area contributed by atoms with Crippen LogP contribution in [-0.2, 0) is 5.41 Å². The van der Waals surface area contributed by atoms with Crippen molar-refractivity contribution in [1.29, 1.82) is 0 Å². The van der Waals surface area contributed by atoms with Gasteiger partial charge in [0.15, 0.2) is 0 Å². The Balaban J connectivity index is 1.36. The van der Waals surface area contributed by atoms with E-state index < -0.39 is 0 Å². The SMILES string of the molecule is CC1(C)c2ccccc2-c2c1ccc1c2c2ccccc2n1-c1nc(-c2ccccc2)c2sc3c4ccccc4ccc3c2n1. The van der Waals surface area contributed by atoms with Gasteiger partial charge in [-0.1, -0.05) is 129 Å². The standard InChI is InChI=1S/C41H27N3S/c1-41(2)30-18-10-8-16-27(30)34-31(41)22-23-33-35(34)28-17-9-11-19-32(28)44(33)40-42-36(25-13-4-3-5-14-25)39-37(43-40)29-21-20-24-12-6-7-15-26(24)38(29)45-39/h3-23H,1-2H3. The molecule has 1 aliphatic rings. The first-order valence-corrected chi connectivity index (χ1v) is 16.3. The fraction of sp³-hybridized carbons (Fsp3) is 0.0732. The highest BCUT2D eigenvalue weighted by Gasteiger charge is 2.37. The highest BCUT2D eigenvalue weighted by molar-refractivity contribution is 7.27. The molecule has 0 atom stereocenters. The Kier molecular flexibility index (Phi) is 4.94. The van der Waals surface area contributed by atoms with Crippen LogP contribution in [0.2, 0.25) is 0 Å². The summed E-state index contributed by atoms with van der Waals surface area (Å²) >= 11 is 1.80. The summed E-state index contributed by atoms with van der Waals surface area (Å²) in [6, 6.07) is 45.9. The third-order valence-corrected chi connectivity index (χ3v) is 11.1. The van der Waals surface area contributed by atoms with Crippen LogP contribution < -0.4 is 0 Å². The van der Waals surface area contributed by atoms with Crippen LogP contribution in [0, 0.1) is 0 Å². The monoisotopic (exact) mass is 593 g/mol. The summed E-state index contributed by atoms with van der Waals surface area (Å²) in [6.07, 6.45) is 0. The molecule has 0 unspecified atom stereocenters. The number of thiophene rings is 1. The molecule has 1 aliphatic carbocycles. The molecule has 3 heterocycles. The van der Waals surface area contributed by atoms with Crippen molar-refractivity contribution >= 4 is 64.2 Å². The molecule has 212 valence electrons. The number of hydrogen-bond acceptors (Lipinski definition) is 3. The highest BCUT2D eigenvalue weighted by Crippen LogP contribution is 2.53. The topological polar surface area (TPSA) is 30.7 Å². The van der Waals surface area contributed by atoms with Gasteiger partial charge in [0, 0.05) is 31.8 Å². The quantitative estimate of drug-likeness (QED) is 0.200. The van der Waals surface area contributed by atoms with Crippen LogP contribution in [0.5, 0.6) is 0 Å². The van der Waals surface area contributed by atoms with Gasteiger partial charge in [-0.2, -0.15) is 0 Å². The van der Waals surface area contributed by atoms with Crippen molar-refractivity contribution in [1.82, 2.24) is 14.5 Å². The maximum Gasteiger partial charge on any atom is 0.235 e. The molecule has 6 aromatic carbocycles. The van der Waals surface area contributed by atoms with Gasteiger partial charge in [0.2, 0.25) is 5.95 Å². The normalized spacial score (nSPS) is 13.7. The van der Waals surface area contributed by atoms with E-state index in [1.807, 2.05) is 0 Å². The summed E-state index contributed by atoms with van der Waals surface area (Å²) in [4.78, 5) is 10.8. The molecule has 0 radical (unpaired) electrons. The van der Waals surface area contributed by atoms with Crippen LogP contribution in [0.3, 0.4) is 0 Å². The first-order chi connectivity index (χ1) is 22.1. The van der Waals surface area contributed by atoms with E-state index in [0.717, 1.165) is 32.5 Å². The van der Waals surface area contributed by atoms with Crippen LogP contribution in [0.4, 0.5) is 0 Å². The van der Waals surface area contributed by atoms with E-state index in [0.29, 0.717) is 5.95 Å². The maximum atomic E-state index is 5.43. The average molecular weight is 594 g/mol. The Morgan fingerprint density at radius 3 is 2.22 bits per heavy atom. The predicted octanol–water partition coefficient (Wildman–Crippen LogP) is 11.1. The summed E-state index contributed by atoms with van der Waals surface area (Å²) < 4.78 is 4.66. The number of fused-ring (bicyclic) bond motifs is 12. The molecule has 0 aliphatic heterocycles. The summed E-state index contributed by atoms with van der Waals surface area (Å²) in [7, 11) is 0. The van der Waals surface area contributed by atoms with Crippen molar-refractivity contribution in [2.24, 2.45) is 0 Å². The largest absolute Gasteiger partial charge is 0.278 e. The van der Waals surface area contributed by atoms with Gasteiger partial charge in [0.05, 0.1) is 26.9 Å². The van der Waals surface area contributed by atoms with E-state index in [1.54, 1.807) is 11.3 Å². The number of aromatic nitrogens is 3. The molecule has 3 nitrogen and oxygen atoms in total. The molecule has 0 saturated carbocycles. The van der Waals surface area contributed by atoms with Gasteiger partial charge < -0.3 is 0 Å². The van der Waals surface area contributed by atoms with Crippen molar-refractivity contribution in [2.45, 2.75) is 19.3 Å². The Hall–Kier alpha value is -5.32. The second-order valence-electron chi connectivity index (χ2n) is 12.6. The van der Waals surface area contributed by atoms with Crippen LogP contribution in [-0.4, -0.2) is 14.5 Å². The van der Waals surface area contributed by atoms with E-state index >= 15 is 0 Å². The van der Waals surface area contributed by atoms with Crippen molar-refractivity contribution < 1.29 is 0 Å². The van der Waals surface area contributed by atoms with Crippen LogP contribution >= 0.6 is 11.3 Å². The Morgan fingerprint density at radius 1 is 0.578 bits per heavy atom. The fourth-order valence-electron chi connectivity index (χ4n) is 7.72. The van der Waals surface area contributed by atoms with Crippen molar-refractivity contribution in [2.75, 3.05) is 0 Å². The Bertz CT molecular complexity index is 2680. The molecule has 0 amide bonds. The summed E-state index contributed by atoms with van der Waals surface area (Å²) in [5.41, 5.74) is 10.7. The molecule has 4 heteroatoms. The van der Waals surface area contributed by atoms with Gasteiger partial charge in [-0.25, -0.2) is 9.97 Å². The van der Waals surface area contributed by atoms with Crippen molar-refractivity contribution in [3.63, 3.8) is 0 Å². The molecule has 3 aromatic heterocycles. The zero-order valence-corrected chi connectivity index (χ0v) is 25.7. The first-order valence-electron chi connectivity index (χ1n) is 15.4. The molecule has 0 N–H and O–H groups in total. The van der Waals surface area contributed by atoms with E-state index in [1.165, 1.54) is 53.9 Å². The zero-order chi connectivity index (χ0) is 29.9. The molecular weight excluding hydrogens is 567 g/mol. The molecule has 0 spiro atoms. The third-order valence-electron chi connectivity index (χ3n) is 9.82. The molecular formula is C41H27N3S. The van der Waals surface area contributed by atoms with Crippen molar-refractivity contribution in [3.05, 3.63) is 139 Å². The Labute approximate surface area is 264 Å². The van der Waals surface area contributed by atoms with E-state index in [-0.39, 0.29) is 5.41 Å². The van der Waals surface area contributed by atoms with Gasteiger partial charge in [-0.05, 0) is 45.2 Å². The minimum absolute atomic E-state index is 0.0718. The molecule has 0 bridgehead atoms. The smallest absolute Gasteiger partial charge is 0.235 e. The maximum absolute atomic E-state index is 5.43. The Morgan fingerprint density at radius 2 is 1.33 bits per heavy atom. The number of rotatable bonds is 2. The molecule has 0 saturated heterocycles. The fourth-order valence-corrected chi connectivity index (χ4v) is 9.01. The van der Waals surface area contributed by atoms with Crippen LogP contribution in [0.1, 0.15) is 25.0 Å². The van der Waals surface area contributed by atoms with Gasteiger partial charge in [0.1, 0.15) is 0 Å². The molecule has 10 rings (SSSR count). The lowest BCUT2D eigenvalue weighted by Crippen LogP contribution is -2.14. The molecule has 0 fully saturated rings. The number of hydrogen-bond donors (Lipinski definition) is 0. The lowest BCUT2D eigenvalue weighted by Gasteiger charge is -2.21. The number of benzene rings is 6. The minimum Gasteiger partial charge on any atom is -0.278 e. The second kappa shape index (κ2) is 8.87. The lowest BCUT2D eigenvalue weighted by atomic mass is 9.82. The molecule has 45 heavy (non-hydrogen) atoms. The third kappa shape index (κ3) is 3.29. The van der Waals surface area contributed by atoms with Crippen molar-refractivity contribution in [3.8, 4) is 28.3 Å². The van der Waals surface area contributed by atoms with E-state index in [9.17, 15) is 0 Å². The summed E-state index contributed by atoms with van der Waals surface area (Å²) in [5.74, 6) is 0.700. The average Bonchev–Trinajstić information content (AvgIpc) is 3.71. The van der Waals surface area contributed by atoms with Gasteiger partial charge in [0.25, 0.3) is 0 Å². The number of nitrogens with zero attached hydrogens (tertiary/aromatic N) is 3. The highest BCUT2D eigenvalue weighted by atomic mass is 32.1. The summed E-state index contributed by atoms with van der Waals surface area (Å²) in [5, 5.41) is 6.17. The minimum atomic E-state index is -0.0718. The second-order valence-corrected chi connectivity index (χ2v) is 13.6. The molecule has 9 aromatic rings. The summed E-state index contributed by atoms with van der Waals surface area (Å²) in [6.45, 7) is 4.69. The van der Waals surface area contributed by atoms with Gasteiger partial charge >= 0.3 is 0 Å². The number of para-hydroxylation sites is 1. The zero-order valence-electron chi connectivity index (χ0n) is 24.9. The van der Waals surface area contributed by atoms with Crippen LogP contribution in [0.15, 0.2) is 127 Å². The van der Waals surface area contributed by atoms with Crippen LogP contribution in [0.25, 0.3) is 81.2 Å². The van der Waals surface area contributed by atoms with E-state index in [4.69, 9.17) is 9.97 Å². The lowest BCUT2D eigenvalue weighted by molar-refractivity contribution is 0.661. The van der Waals surface area contributed by atoms with Gasteiger partial charge in [-0.3, -0.25) is 4.57 Å². The predicted molar refractivity (Wildman–Crippen MR) is 190 cm³/mol.